The van der Waals surface area contributed by atoms with Crippen LogP contribution in [0.15, 0.2) is 76.8 Å². The number of thioether (sulfide) groups is 1. The maximum Gasteiger partial charge on any atom is 0.276 e. The molecule has 5 rings (SSSR count). The number of nitrogens with zero attached hydrogens (tertiary/aromatic N) is 3. The van der Waals surface area contributed by atoms with Crippen LogP contribution in [-0.4, -0.2) is 22.3 Å². The Morgan fingerprint density at radius 3 is 2.63 bits per heavy atom. The van der Waals surface area contributed by atoms with Gasteiger partial charge in [-0.15, -0.1) is 5.10 Å². The van der Waals surface area contributed by atoms with Crippen LogP contribution in [0.3, 0.4) is 0 Å². The molecule has 0 unspecified atom stereocenters. The zero-order chi connectivity index (χ0) is 18.4. The second-order valence-corrected chi connectivity index (χ2v) is 7.18. The number of rotatable bonds is 1. The summed E-state index contributed by atoms with van der Waals surface area (Å²) in [6.45, 7) is 0. The highest BCUT2D eigenvalue weighted by atomic mass is 32.2. The molecule has 0 saturated heterocycles. The van der Waals surface area contributed by atoms with Gasteiger partial charge in [0.15, 0.2) is 11.3 Å². The van der Waals surface area contributed by atoms with Crippen molar-refractivity contribution >= 4 is 39.3 Å². The van der Waals surface area contributed by atoms with E-state index in [-0.39, 0.29) is 12.1 Å². The van der Waals surface area contributed by atoms with Gasteiger partial charge in [-0.25, -0.2) is 5.01 Å². The number of hydrogen-bond acceptors (Lipinski definition) is 5. The molecular formula is C21H16N4OS. The van der Waals surface area contributed by atoms with Crippen LogP contribution in [0.2, 0.25) is 0 Å². The Labute approximate surface area is 160 Å². The predicted octanol–water partition coefficient (Wildman–Crippen LogP) is 2.35. The van der Waals surface area contributed by atoms with Crippen LogP contribution >= 0.6 is 11.8 Å². The van der Waals surface area contributed by atoms with E-state index < -0.39 is 0 Å². The third kappa shape index (κ3) is 2.61. The van der Waals surface area contributed by atoms with Gasteiger partial charge >= 0.3 is 0 Å². The molecule has 0 radical (unpaired) electrons. The second kappa shape index (κ2) is 6.25. The molecule has 1 atom stereocenters. The Bertz CT molecular complexity index is 1230. The molecule has 1 amide bonds. The monoisotopic (exact) mass is 372 g/mol. The van der Waals surface area contributed by atoms with Crippen LogP contribution in [0.5, 0.6) is 0 Å². The fraction of sp³-hybridized carbons (Fsp3) is 0.0952. The first-order valence-electron chi connectivity index (χ1n) is 8.64. The quantitative estimate of drug-likeness (QED) is 0.713. The van der Waals surface area contributed by atoms with Crippen molar-refractivity contribution in [1.29, 1.82) is 0 Å². The van der Waals surface area contributed by atoms with Gasteiger partial charge in [0.25, 0.3) is 5.91 Å². The Kier molecular flexibility index (Phi) is 3.72. The largest absolute Gasteiger partial charge is 0.298 e. The van der Waals surface area contributed by atoms with E-state index in [2.05, 4.69) is 40.8 Å². The molecule has 3 aromatic carbocycles. The summed E-state index contributed by atoms with van der Waals surface area (Å²) >= 11 is 1.41. The summed E-state index contributed by atoms with van der Waals surface area (Å²) < 4.78 is 0. The van der Waals surface area contributed by atoms with E-state index in [9.17, 15) is 4.79 Å². The Morgan fingerprint density at radius 1 is 1.00 bits per heavy atom. The number of amidine groups is 1. The average Bonchev–Trinajstić information content (AvgIpc) is 2.72. The smallest absolute Gasteiger partial charge is 0.276 e. The van der Waals surface area contributed by atoms with E-state index in [1.807, 2.05) is 42.7 Å². The van der Waals surface area contributed by atoms with Crippen LogP contribution in [0.1, 0.15) is 11.7 Å². The number of carbonyl (C=O) groups is 1. The van der Waals surface area contributed by atoms with Crippen LogP contribution in [0.4, 0.5) is 0 Å². The minimum absolute atomic E-state index is 0.150. The average molecular weight is 372 g/mol. The van der Waals surface area contributed by atoms with Gasteiger partial charge in [-0.2, -0.15) is 0 Å². The summed E-state index contributed by atoms with van der Waals surface area (Å²) in [5.41, 5.74) is 1.54. The number of fused-ring (bicyclic) bond motifs is 3. The normalized spacial score (nSPS) is 18.3. The van der Waals surface area contributed by atoms with Gasteiger partial charge in [0.05, 0.1) is 5.36 Å². The van der Waals surface area contributed by atoms with E-state index in [0.717, 1.165) is 21.5 Å². The first-order valence-corrected chi connectivity index (χ1v) is 9.86. The van der Waals surface area contributed by atoms with Gasteiger partial charge in [0.2, 0.25) is 0 Å². The van der Waals surface area contributed by atoms with Gasteiger partial charge in [-0.05, 0) is 34.7 Å². The number of amides is 1. The van der Waals surface area contributed by atoms with Crippen LogP contribution < -0.4 is 15.9 Å². The number of benzene rings is 3. The Balaban J connectivity index is 1.76. The highest BCUT2D eigenvalue weighted by Crippen LogP contribution is 2.32. The number of nitrogens with one attached hydrogen (secondary N) is 1. The molecule has 3 aromatic rings. The van der Waals surface area contributed by atoms with Gasteiger partial charge in [-0.1, -0.05) is 66.4 Å². The summed E-state index contributed by atoms with van der Waals surface area (Å²) in [6.07, 6.45) is 1.51. The van der Waals surface area contributed by atoms with Crippen molar-refractivity contribution in [3.63, 3.8) is 0 Å². The highest BCUT2D eigenvalue weighted by molar-refractivity contribution is 8.13. The molecule has 1 N–H and O–H groups in total. The van der Waals surface area contributed by atoms with Crippen LogP contribution in [0.25, 0.3) is 16.5 Å². The molecule has 0 saturated carbocycles. The molecule has 2 heterocycles. The molecule has 0 fully saturated rings. The van der Waals surface area contributed by atoms with E-state index in [0.29, 0.717) is 10.9 Å². The number of carbonyl (C=O) groups excluding carboxylic acids is 1. The van der Waals surface area contributed by atoms with Gasteiger partial charge in [0.1, 0.15) is 5.70 Å². The maximum atomic E-state index is 12.8. The third-order valence-corrected chi connectivity index (χ3v) is 5.35. The summed E-state index contributed by atoms with van der Waals surface area (Å²) in [4.78, 5) is 17.7. The van der Waals surface area contributed by atoms with Gasteiger partial charge in [0, 0.05) is 5.22 Å². The van der Waals surface area contributed by atoms with Crippen molar-refractivity contribution in [1.82, 2.24) is 10.3 Å². The summed E-state index contributed by atoms with van der Waals surface area (Å²) in [5, 5.41) is 13.8. The molecule has 6 heteroatoms. The fourth-order valence-corrected chi connectivity index (χ4v) is 3.87. The number of hydrogen-bond donors (Lipinski definition) is 1. The maximum absolute atomic E-state index is 12.8. The lowest BCUT2D eigenvalue weighted by atomic mass is 10.0. The number of para-hydroxylation sites is 1. The second-order valence-electron chi connectivity index (χ2n) is 6.38. The zero-order valence-corrected chi connectivity index (χ0v) is 15.4. The lowest BCUT2D eigenvalue weighted by Gasteiger charge is -2.34. The number of hydrazone groups is 1. The van der Waals surface area contributed by atoms with Crippen LogP contribution in [-0.2, 0) is 4.79 Å². The first-order chi connectivity index (χ1) is 13.2. The lowest BCUT2D eigenvalue weighted by molar-refractivity contribution is -0.116. The van der Waals surface area contributed by atoms with E-state index in [4.69, 9.17) is 4.99 Å². The summed E-state index contributed by atoms with van der Waals surface area (Å²) in [5.74, 6) is -0.150. The SMILES string of the molecule is CSC1=NN2C(=c3ccccc3=N[C@H]2c2ccc3ccccc3c2)C(=O)N1. The summed E-state index contributed by atoms with van der Waals surface area (Å²) in [6, 6.07) is 22.2. The molecule has 0 aromatic heterocycles. The zero-order valence-electron chi connectivity index (χ0n) is 14.6. The molecule has 2 aliphatic heterocycles. The fourth-order valence-electron chi connectivity index (χ4n) is 3.50. The minimum atomic E-state index is -0.382. The molecule has 0 aliphatic carbocycles. The van der Waals surface area contributed by atoms with Crippen molar-refractivity contribution in [2.45, 2.75) is 6.17 Å². The molecule has 5 nitrogen and oxygen atoms in total. The van der Waals surface area contributed by atoms with Gasteiger partial charge in [-0.3, -0.25) is 15.1 Å². The predicted molar refractivity (Wildman–Crippen MR) is 108 cm³/mol. The Hall–Kier alpha value is -3.12. The third-order valence-electron chi connectivity index (χ3n) is 4.78. The molecule has 27 heavy (non-hydrogen) atoms. The standard InChI is InChI=1S/C21H16N4OS/c1-27-21-23-20(26)18-16-8-4-5-9-17(16)22-19(25(18)24-21)15-11-10-13-6-2-3-7-14(13)12-15/h2-12,19H,1H3,(H,23,24,26)/t19-/m1/s1. The van der Waals surface area contributed by atoms with Crippen molar-refractivity contribution in [2.75, 3.05) is 6.26 Å². The van der Waals surface area contributed by atoms with Crippen molar-refractivity contribution in [3.05, 3.63) is 82.9 Å². The Morgan fingerprint density at radius 2 is 1.78 bits per heavy atom. The lowest BCUT2D eigenvalue weighted by Crippen LogP contribution is -2.50. The molecule has 0 bridgehead atoms. The highest BCUT2D eigenvalue weighted by Gasteiger charge is 2.34. The molecule has 0 spiro atoms. The molecule has 2 aliphatic rings. The van der Waals surface area contributed by atoms with Crippen molar-refractivity contribution in [3.8, 4) is 0 Å². The van der Waals surface area contributed by atoms with Crippen molar-refractivity contribution in [2.24, 2.45) is 10.1 Å². The first kappa shape index (κ1) is 16.1. The van der Waals surface area contributed by atoms with E-state index in [1.165, 1.54) is 17.1 Å². The molecule has 132 valence electrons. The summed E-state index contributed by atoms with van der Waals surface area (Å²) in [7, 11) is 0. The topological polar surface area (TPSA) is 57.1 Å². The van der Waals surface area contributed by atoms with Crippen LogP contribution in [0, 0.1) is 0 Å². The van der Waals surface area contributed by atoms with E-state index >= 15 is 0 Å². The molecular weight excluding hydrogens is 356 g/mol. The van der Waals surface area contributed by atoms with E-state index in [1.54, 1.807) is 5.01 Å². The van der Waals surface area contributed by atoms with Gasteiger partial charge < -0.3 is 0 Å². The van der Waals surface area contributed by atoms with Crippen molar-refractivity contribution < 1.29 is 4.79 Å². The minimum Gasteiger partial charge on any atom is -0.298 e.